The average molecular weight is 256 g/mol. The SMILES string of the molecule is CCCOCC(NCC)C1CN2CCCC2CO1. The minimum Gasteiger partial charge on any atom is -0.380 e. The van der Waals surface area contributed by atoms with Crippen LogP contribution < -0.4 is 5.32 Å². The molecule has 1 N–H and O–H groups in total. The lowest BCUT2D eigenvalue weighted by molar-refractivity contribution is -0.0766. The Morgan fingerprint density at radius 1 is 1.44 bits per heavy atom. The number of nitrogens with one attached hydrogen (secondary N) is 1. The molecule has 0 saturated carbocycles. The third-order valence-electron chi connectivity index (χ3n) is 3.98. The summed E-state index contributed by atoms with van der Waals surface area (Å²) in [5, 5.41) is 3.51. The van der Waals surface area contributed by atoms with Crippen LogP contribution in [0, 0.1) is 0 Å². The van der Waals surface area contributed by atoms with E-state index in [-0.39, 0.29) is 6.10 Å². The standard InChI is InChI=1S/C14H28N2O2/c1-3-8-17-11-13(15-4-2)14-9-16-7-5-6-12(16)10-18-14/h12-15H,3-11H2,1-2H3. The molecule has 0 amide bonds. The van der Waals surface area contributed by atoms with E-state index in [1.54, 1.807) is 0 Å². The lowest BCUT2D eigenvalue weighted by Crippen LogP contribution is -2.55. The molecule has 4 heteroatoms. The fraction of sp³-hybridized carbons (Fsp3) is 1.00. The van der Waals surface area contributed by atoms with E-state index in [0.717, 1.165) is 39.3 Å². The van der Waals surface area contributed by atoms with Gasteiger partial charge in [-0.05, 0) is 32.4 Å². The van der Waals surface area contributed by atoms with Gasteiger partial charge in [0.05, 0.1) is 25.4 Å². The molecule has 3 atom stereocenters. The Morgan fingerprint density at radius 2 is 2.33 bits per heavy atom. The molecular formula is C14H28N2O2. The summed E-state index contributed by atoms with van der Waals surface area (Å²) in [7, 11) is 0. The van der Waals surface area contributed by atoms with Crippen molar-refractivity contribution in [2.24, 2.45) is 0 Å². The van der Waals surface area contributed by atoms with Crippen molar-refractivity contribution < 1.29 is 9.47 Å². The van der Waals surface area contributed by atoms with Crippen molar-refractivity contribution in [3.8, 4) is 0 Å². The van der Waals surface area contributed by atoms with Crippen molar-refractivity contribution >= 4 is 0 Å². The van der Waals surface area contributed by atoms with Crippen LogP contribution in [0.2, 0.25) is 0 Å². The molecule has 2 aliphatic heterocycles. The van der Waals surface area contributed by atoms with Crippen LogP contribution in [0.4, 0.5) is 0 Å². The highest BCUT2D eigenvalue weighted by atomic mass is 16.5. The number of rotatable bonds is 7. The first-order valence-corrected chi connectivity index (χ1v) is 7.52. The van der Waals surface area contributed by atoms with Gasteiger partial charge in [-0.3, -0.25) is 4.90 Å². The van der Waals surface area contributed by atoms with Crippen LogP contribution in [0.5, 0.6) is 0 Å². The van der Waals surface area contributed by atoms with Gasteiger partial charge in [0.1, 0.15) is 0 Å². The van der Waals surface area contributed by atoms with Gasteiger partial charge < -0.3 is 14.8 Å². The first-order chi connectivity index (χ1) is 8.85. The molecule has 0 aromatic rings. The average Bonchev–Trinajstić information content (AvgIpc) is 2.85. The van der Waals surface area contributed by atoms with E-state index in [0.29, 0.717) is 12.1 Å². The van der Waals surface area contributed by atoms with Crippen LogP contribution in [0.15, 0.2) is 0 Å². The zero-order valence-corrected chi connectivity index (χ0v) is 11.9. The van der Waals surface area contributed by atoms with Gasteiger partial charge in [-0.1, -0.05) is 13.8 Å². The first kappa shape index (κ1) is 14.3. The Morgan fingerprint density at radius 3 is 3.11 bits per heavy atom. The number of hydrogen-bond donors (Lipinski definition) is 1. The maximum atomic E-state index is 6.05. The summed E-state index contributed by atoms with van der Waals surface area (Å²) in [6.45, 7) is 10.1. The Balaban J connectivity index is 1.81. The highest BCUT2D eigenvalue weighted by Gasteiger charge is 2.35. The second kappa shape index (κ2) is 7.43. The highest BCUT2D eigenvalue weighted by molar-refractivity contribution is 4.90. The Hall–Kier alpha value is -0.160. The zero-order chi connectivity index (χ0) is 12.8. The molecule has 0 aromatic heterocycles. The molecule has 4 nitrogen and oxygen atoms in total. The molecule has 106 valence electrons. The summed E-state index contributed by atoms with van der Waals surface area (Å²) in [6.07, 6.45) is 4.01. The molecule has 18 heavy (non-hydrogen) atoms. The number of fused-ring (bicyclic) bond motifs is 1. The summed E-state index contributed by atoms with van der Waals surface area (Å²) < 4.78 is 11.8. The molecule has 2 rings (SSSR count). The summed E-state index contributed by atoms with van der Waals surface area (Å²) in [5.41, 5.74) is 0. The maximum absolute atomic E-state index is 6.05. The second-order valence-electron chi connectivity index (χ2n) is 5.40. The van der Waals surface area contributed by atoms with E-state index in [2.05, 4.69) is 24.1 Å². The topological polar surface area (TPSA) is 33.7 Å². The summed E-state index contributed by atoms with van der Waals surface area (Å²) in [5.74, 6) is 0. The molecule has 0 spiro atoms. The molecule has 3 unspecified atom stereocenters. The monoisotopic (exact) mass is 256 g/mol. The number of ether oxygens (including phenoxy) is 2. The molecule has 0 bridgehead atoms. The largest absolute Gasteiger partial charge is 0.380 e. The summed E-state index contributed by atoms with van der Waals surface area (Å²) in [6, 6.07) is 1.02. The van der Waals surface area contributed by atoms with Crippen LogP contribution in [-0.4, -0.2) is 62.5 Å². The van der Waals surface area contributed by atoms with Crippen molar-refractivity contribution in [2.45, 2.75) is 51.3 Å². The molecule has 2 saturated heterocycles. The van der Waals surface area contributed by atoms with E-state index >= 15 is 0 Å². The predicted octanol–water partition coefficient (Wildman–Crippen LogP) is 1.25. The van der Waals surface area contributed by atoms with Gasteiger partial charge in [-0.25, -0.2) is 0 Å². The van der Waals surface area contributed by atoms with Crippen molar-refractivity contribution in [3.05, 3.63) is 0 Å². The minimum absolute atomic E-state index is 0.288. The number of hydrogen-bond acceptors (Lipinski definition) is 4. The number of likely N-dealkylation sites (N-methyl/N-ethyl adjacent to an activating group) is 1. The van der Waals surface area contributed by atoms with Crippen LogP contribution in [0.1, 0.15) is 33.1 Å². The van der Waals surface area contributed by atoms with E-state index < -0.39 is 0 Å². The highest BCUT2D eigenvalue weighted by Crippen LogP contribution is 2.23. The third kappa shape index (κ3) is 3.67. The van der Waals surface area contributed by atoms with Gasteiger partial charge in [0.15, 0.2) is 0 Å². The molecule has 0 radical (unpaired) electrons. The van der Waals surface area contributed by atoms with Crippen molar-refractivity contribution in [2.75, 3.05) is 39.5 Å². The van der Waals surface area contributed by atoms with E-state index in [1.165, 1.54) is 19.4 Å². The van der Waals surface area contributed by atoms with E-state index in [1.807, 2.05) is 0 Å². The summed E-state index contributed by atoms with van der Waals surface area (Å²) in [4.78, 5) is 2.60. The lowest BCUT2D eigenvalue weighted by Gasteiger charge is -2.39. The Bertz CT molecular complexity index is 238. The second-order valence-corrected chi connectivity index (χ2v) is 5.40. The van der Waals surface area contributed by atoms with Crippen molar-refractivity contribution in [1.82, 2.24) is 10.2 Å². The van der Waals surface area contributed by atoms with Crippen LogP contribution in [-0.2, 0) is 9.47 Å². The quantitative estimate of drug-likeness (QED) is 0.695. The first-order valence-electron chi connectivity index (χ1n) is 7.52. The predicted molar refractivity (Wildman–Crippen MR) is 72.9 cm³/mol. The summed E-state index contributed by atoms with van der Waals surface area (Å²) >= 11 is 0. The van der Waals surface area contributed by atoms with Gasteiger partial charge in [0.25, 0.3) is 0 Å². The maximum Gasteiger partial charge on any atom is 0.0878 e. The lowest BCUT2D eigenvalue weighted by atomic mass is 10.1. The molecule has 0 aromatic carbocycles. The number of nitrogens with zero attached hydrogens (tertiary/aromatic N) is 1. The smallest absolute Gasteiger partial charge is 0.0878 e. The molecular weight excluding hydrogens is 228 g/mol. The fourth-order valence-corrected chi connectivity index (χ4v) is 3.00. The van der Waals surface area contributed by atoms with E-state index in [9.17, 15) is 0 Å². The van der Waals surface area contributed by atoms with Gasteiger partial charge in [-0.2, -0.15) is 0 Å². The normalized spacial score (nSPS) is 30.3. The van der Waals surface area contributed by atoms with Gasteiger partial charge in [0.2, 0.25) is 0 Å². The van der Waals surface area contributed by atoms with Gasteiger partial charge >= 0.3 is 0 Å². The molecule has 2 heterocycles. The van der Waals surface area contributed by atoms with Crippen molar-refractivity contribution in [1.29, 1.82) is 0 Å². The van der Waals surface area contributed by atoms with Crippen LogP contribution in [0.3, 0.4) is 0 Å². The zero-order valence-electron chi connectivity index (χ0n) is 11.9. The molecule has 2 fully saturated rings. The van der Waals surface area contributed by atoms with E-state index in [4.69, 9.17) is 9.47 Å². The Labute approximate surface area is 111 Å². The molecule has 0 aliphatic carbocycles. The Kier molecular flexibility index (Phi) is 5.89. The number of morpholine rings is 1. The fourth-order valence-electron chi connectivity index (χ4n) is 3.00. The minimum atomic E-state index is 0.288. The third-order valence-corrected chi connectivity index (χ3v) is 3.98. The van der Waals surface area contributed by atoms with Crippen molar-refractivity contribution in [3.63, 3.8) is 0 Å². The van der Waals surface area contributed by atoms with Crippen LogP contribution >= 0.6 is 0 Å². The van der Waals surface area contributed by atoms with Gasteiger partial charge in [0, 0.05) is 19.2 Å². The molecule has 2 aliphatic rings. The van der Waals surface area contributed by atoms with Crippen LogP contribution in [0.25, 0.3) is 0 Å². The van der Waals surface area contributed by atoms with Gasteiger partial charge in [-0.15, -0.1) is 0 Å².